The van der Waals surface area contributed by atoms with Crippen molar-refractivity contribution in [3.8, 4) is 0 Å². The van der Waals surface area contributed by atoms with E-state index in [-0.39, 0.29) is 11.3 Å². The smallest absolute Gasteiger partial charge is 0.327 e. The quantitative estimate of drug-likeness (QED) is 0.918. The van der Waals surface area contributed by atoms with Gasteiger partial charge in [-0.15, -0.1) is 11.8 Å². The molecule has 2 unspecified atom stereocenters. The Morgan fingerprint density at radius 2 is 2.10 bits per heavy atom. The first-order chi connectivity index (χ1) is 9.88. The molecule has 116 valence electrons. The van der Waals surface area contributed by atoms with Gasteiger partial charge in [0.15, 0.2) is 0 Å². The number of aliphatic carboxylic acids is 1. The number of thioether (sulfide) groups is 1. The Balaban J connectivity index is 2.39. The summed E-state index contributed by atoms with van der Waals surface area (Å²) in [5.74, 6) is -0.702. The van der Waals surface area contributed by atoms with Gasteiger partial charge in [0.2, 0.25) is 0 Å². The van der Waals surface area contributed by atoms with Gasteiger partial charge < -0.3 is 10.0 Å². The Labute approximate surface area is 128 Å². The summed E-state index contributed by atoms with van der Waals surface area (Å²) in [6.07, 6.45) is 1.72. The second-order valence-corrected chi connectivity index (χ2v) is 6.52. The van der Waals surface area contributed by atoms with E-state index in [1.165, 1.54) is 4.90 Å². The predicted molar refractivity (Wildman–Crippen MR) is 81.4 cm³/mol. The van der Waals surface area contributed by atoms with E-state index in [2.05, 4.69) is 5.10 Å². The van der Waals surface area contributed by atoms with Crippen molar-refractivity contribution in [2.45, 2.75) is 45.0 Å². The lowest BCUT2D eigenvalue weighted by Crippen LogP contribution is -2.45. The normalized spacial score (nSPS) is 21.8. The largest absolute Gasteiger partial charge is 0.480 e. The van der Waals surface area contributed by atoms with Gasteiger partial charge in [-0.3, -0.25) is 9.48 Å². The molecule has 0 aliphatic carbocycles. The molecule has 1 saturated heterocycles. The summed E-state index contributed by atoms with van der Waals surface area (Å²) in [4.78, 5) is 25.9. The lowest BCUT2D eigenvalue weighted by Gasteiger charge is -2.27. The van der Waals surface area contributed by atoms with Gasteiger partial charge in [-0.2, -0.15) is 5.10 Å². The van der Waals surface area contributed by atoms with Crippen LogP contribution >= 0.6 is 11.8 Å². The Hall–Kier alpha value is -1.50. The highest BCUT2D eigenvalue weighted by molar-refractivity contribution is 8.00. The van der Waals surface area contributed by atoms with Crippen molar-refractivity contribution < 1.29 is 14.7 Å². The maximum atomic E-state index is 12.9. The molecule has 1 aromatic rings. The molecular formula is C14H21N3O3S. The van der Waals surface area contributed by atoms with Crippen LogP contribution in [-0.4, -0.2) is 48.8 Å². The lowest BCUT2D eigenvalue weighted by molar-refractivity contribution is -0.141. The molecule has 1 N–H and O–H groups in total. The molecule has 0 radical (unpaired) electrons. The van der Waals surface area contributed by atoms with Gasteiger partial charge in [-0.05, 0) is 20.3 Å². The zero-order chi connectivity index (χ0) is 15.7. The van der Waals surface area contributed by atoms with Gasteiger partial charge in [0, 0.05) is 18.5 Å². The Morgan fingerprint density at radius 3 is 2.57 bits per heavy atom. The second kappa shape index (κ2) is 6.09. The van der Waals surface area contributed by atoms with E-state index in [1.54, 1.807) is 30.4 Å². The van der Waals surface area contributed by atoms with Crippen molar-refractivity contribution in [2.75, 3.05) is 5.75 Å². The van der Waals surface area contributed by atoms with Crippen LogP contribution in [0.3, 0.4) is 0 Å². The predicted octanol–water partition coefficient (Wildman–Crippen LogP) is 1.81. The highest BCUT2D eigenvalue weighted by Crippen LogP contribution is 2.34. The first kappa shape index (κ1) is 15.9. The highest BCUT2D eigenvalue weighted by atomic mass is 32.2. The number of aromatic nitrogens is 2. The van der Waals surface area contributed by atoms with Gasteiger partial charge in [0.1, 0.15) is 6.04 Å². The molecule has 0 saturated carbocycles. The third kappa shape index (κ3) is 2.79. The van der Waals surface area contributed by atoms with E-state index < -0.39 is 12.0 Å². The molecule has 1 aromatic heterocycles. The first-order valence-electron chi connectivity index (χ1n) is 7.05. The van der Waals surface area contributed by atoms with Crippen molar-refractivity contribution in [1.82, 2.24) is 14.7 Å². The fraction of sp³-hybridized carbons (Fsp3) is 0.643. The van der Waals surface area contributed by atoms with Crippen LogP contribution in [0, 0.1) is 13.8 Å². The monoisotopic (exact) mass is 311 g/mol. The van der Waals surface area contributed by atoms with Crippen molar-refractivity contribution in [3.05, 3.63) is 17.0 Å². The first-order valence-corrected chi connectivity index (χ1v) is 8.10. The Kier molecular flexibility index (Phi) is 4.61. The number of carbonyl (C=O) groups is 2. The number of nitrogens with zero attached hydrogens (tertiary/aromatic N) is 3. The average Bonchev–Trinajstić information content (AvgIpc) is 2.92. The van der Waals surface area contributed by atoms with Gasteiger partial charge in [-0.1, -0.05) is 13.3 Å². The number of amides is 1. The number of carboxylic acids is 1. The minimum Gasteiger partial charge on any atom is -0.480 e. The molecule has 1 fully saturated rings. The number of carbonyl (C=O) groups excluding carboxylic acids is 1. The number of aryl methyl sites for hydroxylation is 2. The van der Waals surface area contributed by atoms with E-state index in [0.717, 1.165) is 18.5 Å². The third-order valence-corrected chi connectivity index (χ3v) is 5.23. The SMILES string of the molecule is CCCC1SCC(C(=O)O)N1C(=O)c1c(C)nn(C)c1C. The fourth-order valence-corrected chi connectivity index (χ4v) is 4.22. The molecule has 6 nitrogen and oxygen atoms in total. The molecule has 0 spiro atoms. The Morgan fingerprint density at radius 1 is 1.43 bits per heavy atom. The van der Waals surface area contributed by atoms with E-state index >= 15 is 0 Å². The van der Waals surface area contributed by atoms with Crippen LogP contribution < -0.4 is 0 Å². The van der Waals surface area contributed by atoms with Crippen LogP contribution in [0.1, 0.15) is 41.5 Å². The molecule has 0 bridgehead atoms. The maximum absolute atomic E-state index is 12.9. The summed E-state index contributed by atoms with van der Waals surface area (Å²) in [6, 6.07) is -0.752. The molecule has 2 atom stereocenters. The van der Waals surface area contributed by atoms with Gasteiger partial charge in [0.05, 0.1) is 16.6 Å². The number of rotatable bonds is 4. The molecule has 21 heavy (non-hydrogen) atoms. The number of carboxylic acid groups (broad SMARTS) is 1. The average molecular weight is 311 g/mol. The summed E-state index contributed by atoms with van der Waals surface area (Å²) in [5.41, 5.74) is 1.96. The second-order valence-electron chi connectivity index (χ2n) is 5.31. The zero-order valence-electron chi connectivity index (χ0n) is 12.8. The van der Waals surface area contributed by atoms with Crippen molar-refractivity contribution in [3.63, 3.8) is 0 Å². The van der Waals surface area contributed by atoms with E-state index in [1.807, 2.05) is 13.8 Å². The van der Waals surface area contributed by atoms with Crippen LogP contribution in [0.4, 0.5) is 0 Å². The summed E-state index contributed by atoms with van der Waals surface area (Å²) in [5, 5.41) is 13.6. The number of hydrogen-bond donors (Lipinski definition) is 1. The number of hydrogen-bond acceptors (Lipinski definition) is 4. The topological polar surface area (TPSA) is 75.4 Å². The van der Waals surface area contributed by atoms with E-state index in [4.69, 9.17) is 0 Å². The molecule has 1 amide bonds. The van der Waals surface area contributed by atoms with Crippen LogP contribution in [0.25, 0.3) is 0 Å². The summed E-state index contributed by atoms with van der Waals surface area (Å²) < 4.78 is 1.66. The van der Waals surface area contributed by atoms with Crippen LogP contribution in [0.5, 0.6) is 0 Å². The van der Waals surface area contributed by atoms with E-state index in [9.17, 15) is 14.7 Å². The standard InChI is InChI=1S/C14H21N3O3S/c1-5-6-11-17(10(7-21-11)14(19)20)13(18)12-8(2)15-16(4)9(12)3/h10-11H,5-7H2,1-4H3,(H,19,20). The molecule has 1 aliphatic rings. The van der Waals surface area contributed by atoms with E-state index in [0.29, 0.717) is 17.0 Å². The maximum Gasteiger partial charge on any atom is 0.327 e. The molecule has 2 heterocycles. The molecule has 0 aromatic carbocycles. The van der Waals surface area contributed by atoms with Crippen LogP contribution in [-0.2, 0) is 11.8 Å². The molecule has 7 heteroatoms. The highest BCUT2D eigenvalue weighted by Gasteiger charge is 2.42. The minimum absolute atomic E-state index is 0.0670. The van der Waals surface area contributed by atoms with Crippen molar-refractivity contribution >= 4 is 23.6 Å². The third-order valence-electron chi connectivity index (χ3n) is 3.87. The lowest BCUT2D eigenvalue weighted by atomic mass is 10.1. The molecule has 2 rings (SSSR count). The van der Waals surface area contributed by atoms with Gasteiger partial charge in [0.25, 0.3) is 5.91 Å². The van der Waals surface area contributed by atoms with Crippen molar-refractivity contribution in [1.29, 1.82) is 0 Å². The van der Waals surface area contributed by atoms with Crippen molar-refractivity contribution in [2.24, 2.45) is 7.05 Å². The Bertz CT molecular complexity index is 570. The summed E-state index contributed by atoms with van der Waals surface area (Å²) in [7, 11) is 1.79. The fourth-order valence-electron chi connectivity index (χ4n) is 2.71. The van der Waals surface area contributed by atoms with Gasteiger partial charge in [-0.25, -0.2) is 4.79 Å². The van der Waals surface area contributed by atoms with Gasteiger partial charge >= 0.3 is 5.97 Å². The van der Waals surface area contributed by atoms with Crippen LogP contribution in [0.2, 0.25) is 0 Å². The summed E-state index contributed by atoms with van der Waals surface area (Å²) >= 11 is 1.55. The summed E-state index contributed by atoms with van der Waals surface area (Å²) in [6.45, 7) is 5.66. The zero-order valence-corrected chi connectivity index (χ0v) is 13.6. The molecular weight excluding hydrogens is 290 g/mol. The van der Waals surface area contributed by atoms with Crippen LogP contribution in [0.15, 0.2) is 0 Å². The minimum atomic E-state index is -0.936. The molecule has 1 aliphatic heterocycles.